The van der Waals surface area contributed by atoms with Crippen LogP contribution in [-0.4, -0.2) is 67.2 Å². The largest absolute Gasteiger partial charge is 0.353 e. The number of rotatable bonds is 5. The highest BCUT2D eigenvalue weighted by Crippen LogP contribution is 2.40. The maximum atomic E-state index is 12.5. The topological polar surface area (TPSA) is 61.9 Å². The van der Waals surface area contributed by atoms with Crippen LogP contribution < -0.4 is 5.32 Å². The number of carbonyl (C=O) groups is 2. The van der Waals surface area contributed by atoms with Gasteiger partial charge < -0.3 is 15.0 Å². The predicted octanol–water partition coefficient (Wildman–Crippen LogP) is 0.962. The van der Waals surface area contributed by atoms with Gasteiger partial charge in [-0.2, -0.15) is 0 Å². The second-order valence-electron chi connectivity index (χ2n) is 6.55. The van der Waals surface area contributed by atoms with Crippen LogP contribution in [0.3, 0.4) is 0 Å². The fraction of sp³-hybridized carbons (Fsp3) is 0.875. The second-order valence-corrected chi connectivity index (χ2v) is 6.55. The van der Waals surface area contributed by atoms with Gasteiger partial charge in [0.15, 0.2) is 0 Å². The number of amides is 2. The lowest BCUT2D eigenvalue weighted by molar-refractivity contribution is -0.159. The summed E-state index contributed by atoms with van der Waals surface area (Å²) < 4.78 is 6.01. The predicted molar refractivity (Wildman–Crippen MR) is 84.3 cm³/mol. The number of hydrogen-bond acceptors (Lipinski definition) is 4. The first-order valence-electron chi connectivity index (χ1n) is 8.39. The summed E-state index contributed by atoms with van der Waals surface area (Å²) in [7, 11) is 3.93. The summed E-state index contributed by atoms with van der Waals surface area (Å²) in [6.07, 6.45) is 5.40. The van der Waals surface area contributed by atoms with E-state index in [9.17, 15) is 9.59 Å². The Morgan fingerprint density at radius 3 is 2.55 bits per heavy atom. The van der Waals surface area contributed by atoms with E-state index in [2.05, 4.69) is 5.32 Å². The Kier molecular flexibility index (Phi) is 5.81. The second kappa shape index (κ2) is 7.42. The Bertz CT molecular complexity index is 405. The Balaban J connectivity index is 2.06. The van der Waals surface area contributed by atoms with Crippen molar-refractivity contribution in [2.45, 2.75) is 57.2 Å². The highest BCUT2D eigenvalue weighted by atomic mass is 16.5. The maximum Gasteiger partial charge on any atom is 0.245 e. The molecule has 2 fully saturated rings. The van der Waals surface area contributed by atoms with Gasteiger partial charge >= 0.3 is 0 Å². The number of carbonyl (C=O) groups excluding carboxylic acids is 2. The molecule has 6 nitrogen and oxygen atoms in total. The molecule has 1 aliphatic carbocycles. The molecule has 0 radical (unpaired) electrons. The third-order valence-electron chi connectivity index (χ3n) is 4.63. The minimum Gasteiger partial charge on any atom is -0.353 e. The summed E-state index contributed by atoms with van der Waals surface area (Å²) >= 11 is 0. The molecule has 1 N–H and O–H groups in total. The van der Waals surface area contributed by atoms with Gasteiger partial charge in [-0.05, 0) is 39.8 Å². The van der Waals surface area contributed by atoms with Crippen molar-refractivity contribution < 1.29 is 14.3 Å². The fourth-order valence-electron chi connectivity index (χ4n) is 3.44. The molecule has 0 aromatic carbocycles. The molecule has 1 unspecified atom stereocenters. The van der Waals surface area contributed by atoms with E-state index in [0.717, 1.165) is 32.2 Å². The molecule has 2 rings (SSSR count). The molecule has 1 saturated heterocycles. The van der Waals surface area contributed by atoms with Crippen LogP contribution in [0.25, 0.3) is 0 Å². The highest BCUT2D eigenvalue weighted by Gasteiger charge is 2.52. The first-order valence-corrected chi connectivity index (χ1v) is 8.39. The van der Waals surface area contributed by atoms with Gasteiger partial charge in [0.25, 0.3) is 0 Å². The lowest BCUT2D eigenvalue weighted by Gasteiger charge is -2.41. The van der Waals surface area contributed by atoms with E-state index in [1.807, 2.05) is 25.9 Å². The van der Waals surface area contributed by atoms with Crippen LogP contribution in [-0.2, 0) is 14.3 Å². The normalized spacial score (nSPS) is 24.0. The molecule has 22 heavy (non-hydrogen) atoms. The standard InChI is InChI=1S/C16H29N3O3/c1-4-14(20)19-13(15(21)17-10-11-18(2)3)12-22-16(19)8-6-5-7-9-16/h13H,4-12H2,1-3H3,(H,17,21). The van der Waals surface area contributed by atoms with E-state index in [1.165, 1.54) is 6.42 Å². The van der Waals surface area contributed by atoms with Crippen molar-refractivity contribution in [2.75, 3.05) is 33.8 Å². The molecule has 1 aliphatic heterocycles. The van der Waals surface area contributed by atoms with Crippen LogP contribution in [0.5, 0.6) is 0 Å². The summed E-state index contributed by atoms with van der Waals surface area (Å²) in [6, 6.07) is -0.479. The average Bonchev–Trinajstić information content (AvgIpc) is 2.85. The Morgan fingerprint density at radius 2 is 1.95 bits per heavy atom. The zero-order valence-electron chi connectivity index (χ0n) is 14.1. The molecular weight excluding hydrogens is 282 g/mol. The monoisotopic (exact) mass is 311 g/mol. The van der Waals surface area contributed by atoms with Gasteiger partial charge in [0, 0.05) is 19.5 Å². The molecule has 2 aliphatic rings. The number of likely N-dealkylation sites (N-methyl/N-ethyl adjacent to an activating group) is 1. The van der Waals surface area contributed by atoms with Gasteiger partial charge in [0.1, 0.15) is 11.8 Å². The molecule has 126 valence electrons. The summed E-state index contributed by atoms with van der Waals surface area (Å²) in [5.41, 5.74) is -0.533. The summed E-state index contributed by atoms with van der Waals surface area (Å²) in [4.78, 5) is 28.7. The lowest BCUT2D eigenvalue weighted by Crippen LogP contribution is -2.56. The van der Waals surface area contributed by atoms with Crippen LogP contribution in [0.4, 0.5) is 0 Å². The Hall–Kier alpha value is -1.14. The van der Waals surface area contributed by atoms with Gasteiger partial charge in [-0.15, -0.1) is 0 Å². The maximum absolute atomic E-state index is 12.5. The zero-order chi connectivity index (χ0) is 16.2. The minimum absolute atomic E-state index is 0.0205. The minimum atomic E-state index is -0.533. The first-order chi connectivity index (χ1) is 10.5. The lowest BCUT2D eigenvalue weighted by atomic mass is 9.90. The van der Waals surface area contributed by atoms with Crippen molar-refractivity contribution in [1.82, 2.24) is 15.1 Å². The molecule has 0 aromatic rings. The molecule has 0 bridgehead atoms. The van der Waals surface area contributed by atoms with E-state index < -0.39 is 11.8 Å². The van der Waals surface area contributed by atoms with Gasteiger partial charge in [0.2, 0.25) is 11.8 Å². The zero-order valence-corrected chi connectivity index (χ0v) is 14.1. The summed E-state index contributed by atoms with van der Waals surface area (Å²) in [6.45, 7) is 3.54. The van der Waals surface area contributed by atoms with Crippen molar-refractivity contribution in [3.05, 3.63) is 0 Å². The summed E-state index contributed by atoms with van der Waals surface area (Å²) in [5, 5.41) is 2.93. The summed E-state index contributed by atoms with van der Waals surface area (Å²) in [5.74, 6) is -0.0711. The van der Waals surface area contributed by atoms with E-state index >= 15 is 0 Å². The third kappa shape index (κ3) is 3.60. The van der Waals surface area contributed by atoms with Gasteiger partial charge in [0.05, 0.1) is 6.61 Å². The van der Waals surface area contributed by atoms with E-state index in [4.69, 9.17) is 4.74 Å². The van der Waals surface area contributed by atoms with Crippen LogP contribution in [0.2, 0.25) is 0 Å². The quantitative estimate of drug-likeness (QED) is 0.821. The van der Waals surface area contributed by atoms with Gasteiger partial charge in [-0.25, -0.2) is 0 Å². The van der Waals surface area contributed by atoms with Crippen LogP contribution in [0.1, 0.15) is 45.4 Å². The molecule has 1 heterocycles. The van der Waals surface area contributed by atoms with Crippen molar-refractivity contribution in [3.8, 4) is 0 Å². The van der Waals surface area contributed by atoms with E-state index in [-0.39, 0.29) is 11.8 Å². The van der Waals surface area contributed by atoms with Crippen LogP contribution in [0, 0.1) is 0 Å². The van der Waals surface area contributed by atoms with Crippen LogP contribution >= 0.6 is 0 Å². The molecule has 1 saturated carbocycles. The molecule has 0 aromatic heterocycles. The average molecular weight is 311 g/mol. The van der Waals surface area contributed by atoms with Crippen molar-refractivity contribution in [3.63, 3.8) is 0 Å². The fourth-order valence-corrected chi connectivity index (χ4v) is 3.44. The SMILES string of the molecule is CCC(=O)N1C(C(=O)NCCN(C)C)COC12CCCCC2. The number of nitrogens with zero attached hydrogens (tertiary/aromatic N) is 2. The van der Waals surface area contributed by atoms with Crippen molar-refractivity contribution in [1.29, 1.82) is 0 Å². The molecule has 1 atom stereocenters. The number of nitrogens with one attached hydrogen (secondary N) is 1. The molecule has 2 amide bonds. The Morgan fingerprint density at radius 1 is 1.27 bits per heavy atom. The van der Waals surface area contributed by atoms with Gasteiger partial charge in [-0.3, -0.25) is 14.5 Å². The number of hydrogen-bond donors (Lipinski definition) is 1. The third-order valence-corrected chi connectivity index (χ3v) is 4.63. The highest BCUT2D eigenvalue weighted by molar-refractivity contribution is 5.88. The van der Waals surface area contributed by atoms with E-state index in [1.54, 1.807) is 4.90 Å². The smallest absolute Gasteiger partial charge is 0.245 e. The molecule has 6 heteroatoms. The van der Waals surface area contributed by atoms with Gasteiger partial charge in [-0.1, -0.05) is 13.3 Å². The van der Waals surface area contributed by atoms with Crippen molar-refractivity contribution >= 4 is 11.8 Å². The molecule has 1 spiro atoms. The van der Waals surface area contributed by atoms with Crippen molar-refractivity contribution in [2.24, 2.45) is 0 Å². The Labute approximate surface area is 133 Å². The first kappa shape index (κ1) is 17.2. The molecular formula is C16H29N3O3. The van der Waals surface area contributed by atoms with E-state index in [0.29, 0.717) is 19.6 Å². The van der Waals surface area contributed by atoms with Crippen LogP contribution in [0.15, 0.2) is 0 Å². The number of ether oxygens (including phenoxy) is 1.